The molecule has 3 aromatic rings. The number of aryl methyl sites for hydroxylation is 1. The van der Waals surface area contributed by atoms with E-state index in [1.165, 1.54) is 5.56 Å². The van der Waals surface area contributed by atoms with Crippen molar-refractivity contribution in [3.05, 3.63) is 64.3 Å². The van der Waals surface area contributed by atoms with E-state index in [0.29, 0.717) is 21.8 Å². The number of aromatic nitrogens is 3. The van der Waals surface area contributed by atoms with E-state index in [-0.39, 0.29) is 0 Å². The highest BCUT2D eigenvalue weighted by Crippen LogP contribution is 2.26. The Morgan fingerprint density at radius 2 is 1.61 bits per heavy atom. The summed E-state index contributed by atoms with van der Waals surface area (Å²) in [7, 11) is 0. The molecule has 1 heterocycles. The Hall–Kier alpha value is -2.37. The molecule has 23 heavy (non-hydrogen) atoms. The molecule has 0 saturated carbocycles. The smallest absolute Gasteiger partial charge is 0.249 e. The first kappa shape index (κ1) is 15.5. The van der Waals surface area contributed by atoms with Crippen molar-refractivity contribution in [2.75, 3.05) is 10.6 Å². The molecule has 1 aromatic heterocycles. The van der Waals surface area contributed by atoms with Gasteiger partial charge in [-0.1, -0.05) is 40.9 Å². The van der Waals surface area contributed by atoms with Crippen LogP contribution in [-0.4, -0.2) is 15.2 Å². The first-order valence-electron chi connectivity index (χ1n) is 6.86. The zero-order chi connectivity index (χ0) is 16.2. The summed E-state index contributed by atoms with van der Waals surface area (Å²) in [5.41, 5.74) is 2.85. The Morgan fingerprint density at radius 1 is 0.870 bits per heavy atom. The van der Waals surface area contributed by atoms with E-state index >= 15 is 0 Å². The van der Waals surface area contributed by atoms with Gasteiger partial charge in [-0.25, -0.2) is 0 Å². The second-order valence-electron chi connectivity index (χ2n) is 4.91. The van der Waals surface area contributed by atoms with Crippen molar-refractivity contribution < 1.29 is 0 Å². The fourth-order valence-electron chi connectivity index (χ4n) is 1.90. The highest BCUT2D eigenvalue weighted by atomic mass is 35.5. The van der Waals surface area contributed by atoms with Gasteiger partial charge in [0.25, 0.3) is 0 Å². The van der Waals surface area contributed by atoms with E-state index in [4.69, 9.17) is 23.2 Å². The molecule has 0 fully saturated rings. The Balaban J connectivity index is 1.76. The van der Waals surface area contributed by atoms with E-state index in [1.54, 1.807) is 24.4 Å². The third-order valence-corrected chi connectivity index (χ3v) is 3.80. The molecule has 0 amide bonds. The number of nitrogens with zero attached hydrogens (tertiary/aromatic N) is 3. The van der Waals surface area contributed by atoms with E-state index in [0.717, 1.165) is 11.4 Å². The number of rotatable bonds is 4. The molecule has 0 saturated heterocycles. The summed E-state index contributed by atoms with van der Waals surface area (Å²) < 4.78 is 0. The van der Waals surface area contributed by atoms with Crippen LogP contribution in [0.1, 0.15) is 5.56 Å². The topological polar surface area (TPSA) is 62.7 Å². The molecule has 116 valence electrons. The lowest BCUT2D eigenvalue weighted by atomic mass is 10.2. The van der Waals surface area contributed by atoms with Crippen molar-refractivity contribution in [1.29, 1.82) is 0 Å². The van der Waals surface area contributed by atoms with Gasteiger partial charge in [-0.05, 0) is 37.3 Å². The van der Waals surface area contributed by atoms with Crippen molar-refractivity contribution in [3.8, 4) is 0 Å². The minimum Gasteiger partial charge on any atom is -0.339 e. The van der Waals surface area contributed by atoms with Gasteiger partial charge in [-0.15, -0.1) is 5.10 Å². The highest BCUT2D eigenvalue weighted by molar-refractivity contribution is 6.42. The van der Waals surface area contributed by atoms with Gasteiger partial charge in [-0.2, -0.15) is 10.1 Å². The third-order valence-electron chi connectivity index (χ3n) is 3.06. The van der Waals surface area contributed by atoms with Gasteiger partial charge in [0.05, 0.1) is 16.2 Å². The van der Waals surface area contributed by atoms with Crippen LogP contribution in [0.2, 0.25) is 10.0 Å². The maximum Gasteiger partial charge on any atom is 0.249 e. The van der Waals surface area contributed by atoms with Gasteiger partial charge in [0.1, 0.15) is 0 Å². The minimum absolute atomic E-state index is 0.362. The molecular formula is C16H13Cl2N5. The lowest BCUT2D eigenvalue weighted by molar-refractivity contribution is 0.982. The molecule has 0 atom stereocenters. The van der Waals surface area contributed by atoms with E-state index in [1.807, 2.05) is 31.2 Å². The van der Waals surface area contributed by atoms with E-state index < -0.39 is 0 Å². The number of nitrogens with one attached hydrogen (secondary N) is 2. The number of halogens is 2. The molecule has 7 heteroatoms. The molecular weight excluding hydrogens is 333 g/mol. The summed E-state index contributed by atoms with van der Waals surface area (Å²) in [5, 5.41) is 15.1. The van der Waals surface area contributed by atoms with Crippen LogP contribution in [0.25, 0.3) is 0 Å². The van der Waals surface area contributed by atoms with E-state index in [9.17, 15) is 0 Å². The summed E-state index contributed by atoms with van der Waals surface area (Å²) >= 11 is 11.9. The molecule has 0 unspecified atom stereocenters. The van der Waals surface area contributed by atoms with Gasteiger partial charge < -0.3 is 10.6 Å². The fourth-order valence-corrected chi connectivity index (χ4v) is 2.20. The minimum atomic E-state index is 0.362. The van der Waals surface area contributed by atoms with Crippen LogP contribution < -0.4 is 10.6 Å². The SMILES string of the molecule is Cc1ccc(Nc2cnnc(Nc3ccc(Cl)c(Cl)c3)n2)cc1. The fraction of sp³-hybridized carbons (Fsp3) is 0.0625. The van der Waals surface area contributed by atoms with Crippen LogP contribution in [0.5, 0.6) is 0 Å². The first-order valence-corrected chi connectivity index (χ1v) is 7.61. The van der Waals surface area contributed by atoms with Crippen molar-refractivity contribution in [3.63, 3.8) is 0 Å². The number of hydrogen-bond acceptors (Lipinski definition) is 5. The molecule has 2 aromatic carbocycles. The second-order valence-corrected chi connectivity index (χ2v) is 5.72. The summed E-state index contributed by atoms with van der Waals surface area (Å²) in [6.07, 6.45) is 1.56. The summed E-state index contributed by atoms with van der Waals surface area (Å²) in [4.78, 5) is 4.37. The van der Waals surface area contributed by atoms with Crippen LogP contribution in [0.15, 0.2) is 48.7 Å². The normalized spacial score (nSPS) is 10.4. The molecule has 0 spiro atoms. The Morgan fingerprint density at radius 3 is 2.35 bits per heavy atom. The lowest BCUT2D eigenvalue weighted by Gasteiger charge is -2.08. The molecule has 3 rings (SSSR count). The number of anilines is 4. The van der Waals surface area contributed by atoms with Gasteiger partial charge in [0, 0.05) is 11.4 Å². The molecule has 0 aliphatic heterocycles. The molecule has 0 bridgehead atoms. The summed E-state index contributed by atoms with van der Waals surface area (Å²) in [6, 6.07) is 13.2. The van der Waals surface area contributed by atoms with Crippen LogP contribution in [0.4, 0.5) is 23.1 Å². The Labute approximate surface area is 143 Å². The van der Waals surface area contributed by atoms with Crippen LogP contribution >= 0.6 is 23.2 Å². The van der Waals surface area contributed by atoms with Crippen molar-refractivity contribution in [2.45, 2.75) is 6.92 Å². The average molecular weight is 346 g/mol. The van der Waals surface area contributed by atoms with Crippen molar-refractivity contribution in [1.82, 2.24) is 15.2 Å². The van der Waals surface area contributed by atoms with Gasteiger partial charge >= 0.3 is 0 Å². The van der Waals surface area contributed by atoms with Crippen LogP contribution in [0.3, 0.4) is 0 Å². The van der Waals surface area contributed by atoms with Crippen LogP contribution in [-0.2, 0) is 0 Å². The maximum absolute atomic E-state index is 5.99. The highest BCUT2D eigenvalue weighted by Gasteiger charge is 2.04. The average Bonchev–Trinajstić information content (AvgIpc) is 2.54. The molecule has 0 radical (unpaired) electrons. The van der Waals surface area contributed by atoms with Crippen LogP contribution in [0, 0.1) is 6.92 Å². The predicted molar refractivity (Wildman–Crippen MR) is 94.0 cm³/mol. The largest absolute Gasteiger partial charge is 0.339 e. The van der Waals surface area contributed by atoms with Gasteiger partial charge in [0.15, 0.2) is 5.82 Å². The maximum atomic E-state index is 5.99. The predicted octanol–water partition coefficient (Wildman–Crippen LogP) is 4.97. The molecule has 0 aliphatic carbocycles. The number of hydrogen-bond donors (Lipinski definition) is 2. The zero-order valence-corrected chi connectivity index (χ0v) is 13.7. The lowest BCUT2D eigenvalue weighted by Crippen LogP contribution is -2.02. The van der Waals surface area contributed by atoms with Crippen molar-refractivity contribution in [2.24, 2.45) is 0 Å². The molecule has 5 nitrogen and oxygen atoms in total. The quantitative estimate of drug-likeness (QED) is 0.698. The Kier molecular flexibility index (Phi) is 4.60. The van der Waals surface area contributed by atoms with Gasteiger partial charge in [0.2, 0.25) is 5.95 Å². The standard InChI is InChI=1S/C16H13Cl2N5/c1-10-2-4-11(5-3-10)20-15-9-19-23-16(22-15)21-12-6-7-13(17)14(18)8-12/h2-9H,1H3,(H2,20,21,22,23). The first-order chi connectivity index (χ1) is 11.1. The van der Waals surface area contributed by atoms with Crippen molar-refractivity contribution >= 4 is 46.3 Å². The monoisotopic (exact) mass is 345 g/mol. The summed E-state index contributed by atoms with van der Waals surface area (Å²) in [6.45, 7) is 2.04. The Bertz CT molecular complexity index is 821. The molecule has 2 N–H and O–H groups in total. The third kappa shape index (κ3) is 4.09. The van der Waals surface area contributed by atoms with E-state index in [2.05, 4.69) is 25.8 Å². The van der Waals surface area contributed by atoms with Gasteiger partial charge in [-0.3, -0.25) is 0 Å². The second kappa shape index (κ2) is 6.81. The zero-order valence-electron chi connectivity index (χ0n) is 12.2. The number of benzene rings is 2. The molecule has 0 aliphatic rings. The summed E-state index contributed by atoms with van der Waals surface area (Å²) in [5.74, 6) is 0.951.